The molecule has 3 rings (SSSR count). The fraction of sp³-hybridized carbons (Fsp3) is 0.647. The number of rotatable bonds is 6. The molecule has 5 nitrogen and oxygen atoms in total. The lowest BCUT2D eigenvalue weighted by molar-refractivity contribution is -0.219. The number of fused-ring (bicyclic) bond motifs is 1. The van der Waals surface area contributed by atoms with Crippen molar-refractivity contribution in [3.8, 4) is 0 Å². The lowest BCUT2D eigenvalue weighted by Crippen LogP contribution is -2.36. The molecule has 122 valence electrons. The van der Waals surface area contributed by atoms with E-state index in [9.17, 15) is 0 Å². The molecule has 0 radical (unpaired) electrons. The third-order valence-electron chi connectivity index (χ3n) is 4.02. The Morgan fingerprint density at radius 2 is 1.95 bits per heavy atom. The van der Waals surface area contributed by atoms with Crippen LogP contribution in [0, 0.1) is 0 Å². The summed E-state index contributed by atoms with van der Waals surface area (Å²) in [5, 5.41) is 9.05. The van der Waals surface area contributed by atoms with E-state index < -0.39 is 5.79 Å². The van der Waals surface area contributed by atoms with Crippen molar-refractivity contribution in [2.45, 2.75) is 63.7 Å². The molecule has 0 bridgehead atoms. The van der Waals surface area contributed by atoms with Crippen molar-refractivity contribution >= 4 is 0 Å². The summed E-state index contributed by atoms with van der Waals surface area (Å²) in [4.78, 5) is 0. The molecule has 2 aliphatic rings. The van der Waals surface area contributed by atoms with Gasteiger partial charge in [0.25, 0.3) is 0 Å². The van der Waals surface area contributed by atoms with Gasteiger partial charge in [0.1, 0.15) is 12.2 Å². The molecule has 0 aromatic heterocycles. The zero-order chi connectivity index (χ0) is 15.6. The topological polar surface area (TPSA) is 57.2 Å². The predicted octanol–water partition coefficient (Wildman–Crippen LogP) is 2.22. The van der Waals surface area contributed by atoms with Crippen LogP contribution in [0.25, 0.3) is 0 Å². The number of hydrogen-bond donors (Lipinski definition) is 1. The van der Waals surface area contributed by atoms with Crippen LogP contribution in [-0.4, -0.2) is 42.1 Å². The molecule has 2 aliphatic heterocycles. The molecule has 0 unspecified atom stereocenters. The average Bonchev–Trinajstić information content (AvgIpc) is 2.95. The minimum atomic E-state index is -0.647. The Labute approximate surface area is 131 Å². The van der Waals surface area contributed by atoms with Crippen molar-refractivity contribution < 1.29 is 24.1 Å². The molecule has 1 aromatic rings. The predicted molar refractivity (Wildman–Crippen MR) is 80.0 cm³/mol. The van der Waals surface area contributed by atoms with Gasteiger partial charge in [0.2, 0.25) is 0 Å². The molecule has 0 amide bonds. The van der Waals surface area contributed by atoms with Gasteiger partial charge in [0.05, 0.1) is 12.7 Å². The van der Waals surface area contributed by atoms with Crippen molar-refractivity contribution in [1.29, 1.82) is 0 Å². The van der Waals surface area contributed by atoms with Crippen LogP contribution >= 0.6 is 0 Å². The molecular formula is C17H24O5. The summed E-state index contributed by atoms with van der Waals surface area (Å²) >= 11 is 0. The second-order valence-electron chi connectivity index (χ2n) is 6.27. The van der Waals surface area contributed by atoms with E-state index in [1.165, 1.54) is 0 Å². The number of benzene rings is 1. The molecule has 0 saturated carbocycles. The van der Waals surface area contributed by atoms with Gasteiger partial charge >= 0.3 is 0 Å². The maximum Gasteiger partial charge on any atom is 0.190 e. The number of hydrogen-bond acceptors (Lipinski definition) is 5. The highest BCUT2D eigenvalue weighted by Gasteiger charge is 2.55. The zero-order valence-corrected chi connectivity index (χ0v) is 13.1. The Balaban J connectivity index is 1.66. The van der Waals surface area contributed by atoms with Crippen LogP contribution in [0.3, 0.4) is 0 Å². The molecule has 4 atom stereocenters. The van der Waals surface area contributed by atoms with Crippen LogP contribution in [0.15, 0.2) is 30.3 Å². The van der Waals surface area contributed by atoms with Crippen LogP contribution in [0.5, 0.6) is 0 Å². The van der Waals surface area contributed by atoms with Crippen molar-refractivity contribution in [2.75, 3.05) is 6.61 Å². The summed E-state index contributed by atoms with van der Waals surface area (Å²) in [6.45, 7) is 4.42. The Hall–Kier alpha value is -0.980. The third kappa shape index (κ3) is 3.50. The van der Waals surface area contributed by atoms with E-state index in [4.69, 9.17) is 24.1 Å². The van der Waals surface area contributed by atoms with E-state index in [0.717, 1.165) is 12.0 Å². The Morgan fingerprint density at radius 3 is 2.68 bits per heavy atom. The van der Waals surface area contributed by atoms with Gasteiger partial charge < -0.3 is 24.1 Å². The second-order valence-corrected chi connectivity index (χ2v) is 6.27. The average molecular weight is 308 g/mol. The highest BCUT2D eigenvalue weighted by atomic mass is 16.8. The monoisotopic (exact) mass is 308 g/mol. The summed E-state index contributed by atoms with van der Waals surface area (Å²) in [5.41, 5.74) is 1.12. The Morgan fingerprint density at radius 1 is 1.18 bits per heavy atom. The van der Waals surface area contributed by atoms with Gasteiger partial charge in [-0.1, -0.05) is 30.3 Å². The summed E-state index contributed by atoms with van der Waals surface area (Å²) in [7, 11) is 0. The number of ether oxygens (including phenoxy) is 4. The van der Waals surface area contributed by atoms with Crippen LogP contribution in [-0.2, 0) is 25.6 Å². The normalized spacial score (nSPS) is 33.0. The van der Waals surface area contributed by atoms with Crippen LogP contribution in [0.2, 0.25) is 0 Å². The van der Waals surface area contributed by atoms with Gasteiger partial charge in [-0.25, -0.2) is 0 Å². The van der Waals surface area contributed by atoms with Crippen molar-refractivity contribution in [3.05, 3.63) is 35.9 Å². The summed E-state index contributed by atoms with van der Waals surface area (Å²) < 4.78 is 23.8. The van der Waals surface area contributed by atoms with E-state index >= 15 is 0 Å². The van der Waals surface area contributed by atoms with Crippen LogP contribution in [0.1, 0.15) is 32.3 Å². The smallest absolute Gasteiger partial charge is 0.190 e. The lowest BCUT2D eigenvalue weighted by Gasteiger charge is -2.26. The maximum atomic E-state index is 9.05. The summed E-state index contributed by atoms with van der Waals surface area (Å²) in [5.74, 6) is -0.647. The Kier molecular flexibility index (Phi) is 4.80. The molecule has 2 fully saturated rings. The molecule has 1 aromatic carbocycles. The lowest BCUT2D eigenvalue weighted by atomic mass is 10.1. The van der Waals surface area contributed by atoms with E-state index in [0.29, 0.717) is 13.0 Å². The fourth-order valence-electron chi connectivity index (χ4n) is 3.04. The van der Waals surface area contributed by atoms with Crippen molar-refractivity contribution in [3.63, 3.8) is 0 Å². The first-order chi connectivity index (χ1) is 10.6. The van der Waals surface area contributed by atoms with Crippen molar-refractivity contribution in [2.24, 2.45) is 0 Å². The fourth-order valence-corrected chi connectivity index (χ4v) is 3.04. The highest BCUT2D eigenvalue weighted by Crippen LogP contribution is 2.40. The molecule has 5 heteroatoms. The van der Waals surface area contributed by atoms with E-state index in [1.54, 1.807) is 0 Å². The van der Waals surface area contributed by atoms with Crippen LogP contribution < -0.4 is 0 Å². The highest BCUT2D eigenvalue weighted by molar-refractivity contribution is 5.13. The number of aliphatic hydroxyl groups is 1. The first-order valence-corrected chi connectivity index (χ1v) is 7.86. The largest absolute Gasteiger partial charge is 0.396 e. The van der Waals surface area contributed by atoms with Crippen molar-refractivity contribution in [1.82, 2.24) is 0 Å². The standard InChI is InChI=1S/C17H24O5/c1-17(2)21-15-14(19-11-12-7-4-3-5-8-12)13(9-6-10-18)20-16(15)22-17/h3-5,7-8,13-16,18H,6,9-11H2,1-2H3/t13-,14+,15-,16-/m1/s1. The van der Waals surface area contributed by atoms with Gasteiger partial charge in [-0.2, -0.15) is 0 Å². The molecule has 1 N–H and O–H groups in total. The van der Waals surface area contributed by atoms with Gasteiger partial charge in [-0.15, -0.1) is 0 Å². The van der Waals surface area contributed by atoms with E-state index in [2.05, 4.69) is 0 Å². The molecule has 2 heterocycles. The SMILES string of the molecule is CC1(C)O[C@H]2O[C@H](CCCO)[C@H](OCc3ccccc3)[C@H]2O1. The Bertz CT molecular complexity index is 475. The van der Waals surface area contributed by atoms with Gasteiger partial charge in [0, 0.05) is 6.61 Å². The third-order valence-corrected chi connectivity index (χ3v) is 4.02. The molecular weight excluding hydrogens is 284 g/mol. The molecule has 0 spiro atoms. The minimum Gasteiger partial charge on any atom is -0.396 e. The number of aliphatic hydroxyl groups excluding tert-OH is 1. The molecule has 2 saturated heterocycles. The zero-order valence-electron chi connectivity index (χ0n) is 13.1. The minimum absolute atomic E-state index is 0.109. The van der Waals surface area contributed by atoms with E-state index in [1.807, 2.05) is 44.2 Å². The second kappa shape index (κ2) is 6.64. The van der Waals surface area contributed by atoms with Crippen LogP contribution in [0.4, 0.5) is 0 Å². The molecule has 0 aliphatic carbocycles. The van der Waals surface area contributed by atoms with Gasteiger partial charge in [-0.3, -0.25) is 0 Å². The molecule has 22 heavy (non-hydrogen) atoms. The van der Waals surface area contributed by atoms with Gasteiger partial charge in [-0.05, 0) is 32.3 Å². The first kappa shape index (κ1) is 15.9. The first-order valence-electron chi connectivity index (χ1n) is 7.86. The maximum absolute atomic E-state index is 9.05. The summed E-state index contributed by atoms with van der Waals surface area (Å²) in [6.07, 6.45) is 0.511. The quantitative estimate of drug-likeness (QED) is 0.873. The van der Waals surface area contributed by atoms with E-state index in [-0.39, 0.29) is 31.2 Å². The van der Waals surface area contributed by atoms with Gasteiger partial charge in [0.15, 0.2) is 12.1 Å². The summed E-state index contributed by atoms with van der Waals surface area (Å²) in [6, 6.07) is 10.0.